The van der Waals surface area contributed by atoms with Crippen LogP contribution in [-0.2, 0) is 4.79 Å². The molecule has 1 N–H and O–H groups in total. The molecule has 3 fully saturated rings. The molecule has 1 spiro atoms. The first-order chi connectivity index (χ1) is 10.7. The van der Waals surface area contributed by atoms with Crippen LogP contribution in [0.3, 0.4) is 0 Å². The van der Waals surface area contributed by atoms with E-state index in [9.17, 15) is 9.59 Å². The zero-order valence-electron chi connectivity index (χ0n) is 12.8. The number of hydrogen-bond donors (Lipinski definition) is 1. The van der Waals surface area contributed by atoms with Crippen molar-refractivity contribution in [1.29, 1.82) is 0 Å². The number of likely N-dealkylation sites (tertiary alicyclic amines) is 1. The van der Waals surface area contributed by atoms with Crippen LogP contribution in [0.2, 0.25) is 0 Å². The second-order valence-electron chi connectivity index (χ2n) is 7.00. The Kier molecular flexibility index (Phi) is 3.20. The standard InChI is InChI=1S/C16H22N4O2/c21-14(19-7-5-16(3-4-16)6-8-19)10-17-15(22)12-9-18-20(11-12)13-1-2-13/h9,11,13H,1-8,10H2,(H,17,22). The quantitative estimate of drug-likeness (QED) is 0.913. The maximum absolute atomic E-state index is 12.2. The number of carbonyl (C=O) groups is 2. The Labute approximate surface area is 129 Å². The Hall–Kier alpha value is -1.85. The molecule has 1 saturated heterocycles. The van der Waals surface area contributed by atoms with E-state index in [0.717, 1.165) is 38.8 Å². The number of hydrogen-bond acceptors (Lipinski definition) is 3. The molecule has 6 nitrogen and oxygen atoms in total. The number of nitrogens with one attached hydrogen (secondary N) is 1. The second-order valence-corrected chi connectivity index (χ2v) is 7.00. The first-order valence-corrected chi connectivity index (χ1v) is 8.25. The molecule has 118 valence electrons. The summed E-state index contributed by atoms with van der Waals surface area (Å²) >= 11 is 0. The lowest BCUT2D eigenvalue weighted by Crippen LogP contribution is -2.44. The third-order valence-corrected chi connectivity index (χ3v) is 5.32. The van der Waals surface area contributed by atoms with Gasteiger partial charge in [0.25, 0.3) is 5.91 Å². The maximum Gasteiger partial charge on any atom is 0.254 e. The van der Waals surface area contributed by atoms with Gasteiger partial charge in [-0.1, -0.05) is 0 Å². The van der Waals surface area contributed by atoms with Crippen molar-refractivity contribution in [3.05, 3.63) is 18.0 Å². The average molecular weight is 302 g/mol. The molecule has 1 aromatic rings. The maximum atomic E-state index is 12.2. The van der Waals surface area contributed by atoms with E-state index in [4.69, 9.17) is 0 Å². The fourth-order valence-corrected chi connectivity index (χ4v) is 3.27. The molecule has 0 unspecified atom stereocenters. The molecule has 0 atom stereocenters. The Balaban J connectivity index is 1.26. The summed E-state index contributed by atoms with van der Waals surface area (Å²) in [6.45, 7) is 1.77. The lowest BCUT2D eigenvalue weighted by Gasteiger charge is -2.32. The molecule has 22 heavy (non-hydrogen) atoms. The van der Waals surface area contributed by atoms with E-state index in [1.165, 1.54) is 12.8 Å². The molecule has 6 heteroatoms. The van der Waals surface area contributed by atoms with Gasteiger partial charge >= 0.3 is 0 Å². The summed E-state index contributed by atoms with van der Waals surface area (Å²) in [5.74, 6) is -0.186. The van der Waals surface area contributed by atoms with Gasteiger partial charge in [0.05, 0.1) is 24.3 Å². The number of rotatable bonds is 4. The van der Waals surface area contributed by atoms with Crippen LogP contribution in [0.4, 0.5) is 0 Å². The molecule has 2 amide bonds. The van der Waals surface area contributed by atoms with Gasteiger partial charge in [-0.25, -0.2) is 0 Å². The molecule has 2 heterocycles. The van der Waals surface area contributed by atoms with Crippen LogP contribution < -0.4 is 5.32 Å². The fraction of sp³-hybridized carbons (Fsp3) is 0.688. The first-order valence-electron chi connectivity index (χ1n) is 8.25. The molecular formula is C16H22N4O2. The van der Waals surface area contributed by atoms with Crippen molar-refractivity contribution in [3.8, 4) is 0 Å². The normalized spacial score (nSPS) is 22.6. The predicted octanol–water partition coefficient (Wildman–Crippen LogP) is 1.35. The van der Waals surface area contributed by atoms with Crippen LogP contribution >= 0.6 is 0 Å². The number of piperidine rings is 1. The molecule has 1 aromatic heterocycles. The van der Waals surface area contributed by atoms with Gasteiger partial charge in [0, 0.05) is 19.3 Å². The Morgan fingerprint density at radius 1 is 1.23 bits per heavy atom. The van der Waals surface area contributed by atoms with Gasteiger partial charge in [-0.15, -0.1) is 0 Å². The van der Waals surface area contributed by atoms with Gasteiger partial charge in [0.15, 0.2) is 0 Å². The number of aromatic nitrogens is 2. The van der Waals surface area contributed by atoms with Crippen LogP contribution in [0.5, 0.6) is 0 Å². The van der Waals surface area contributed by atoms with Crippen LogP contribution in [0, 0.1) is 5.41 Å². The van der Waals surface area contributed by atoms with Gasteiger partial charge in [-0.05, 0) is 43.9 Å². The predicted molar refractivity (Wildman–Crippen MR) is 80.3 cm³/mol. The van der Waals surface area contributed by atoms with E-state index in [-0.39, 0.29) is 18.4 Å². The van der Waals surface area contributed by atoms with Crippen LogP contribution in [-0.4, -0.2) is 46.1 Å². The number of nitrogens with zero attached hydrogens (tertiary/aromatic N) is 3. The minimum Gasteiger partial charge on any atom is -0.343 e. The lowest BCUT2D eigenvalue weighted by molar-refractivity contribution is -0.131. The van der Waals surface area contributed by atoms with Crippen molar-refractivity contribution in [3.63, 3.8) is 0 Å². The van der Waals surface area contributed by atoms with Gasteiger partial charge in [-0.3, -0.25) is 14.3 Å². The van der Waals surface area contributed by atoms with E-state index in [1.807, 2.05) is 9.58 Å². The largest absolute Gasteiger partial charge is 0.343 e. The van der Waals surface area contributed by atoms with Crippen LogP contribution in [0.15, 0.2) is 12.4 Å². The first kappa shape index (κ1) is 13.8. The van der Waals surface area contributed by atoms with E-state index in [0.29, 0.717) is 17.0 Å². The molecule has 2 saturated carbocycles. The zero-order chi connectivity index (χ0) is 15.2. The fourth-order valence-electron chi connectivity index (χ4n) is 3.27. The van der Waals surface area contributed by atoms with Crippen molar-refractivity contribution >= 4 is 11.8 Å². The van der Waals surface area contributed by atoms with Crippen molar-refractivity contribution in [2.24, 2.45) is 5.41 Å². The van der Waals surface area contributed by atoms with Crippen molar-refractivity contribution < 1.29 is 9.59 Å². The van der Waals surface area contributed by atoms with Crippen LogP contribution in [0.25, 0.3) is 0 Å². The van der Waals surface area contributed by atoms with E-state index in [1.54, 1.807) is 12.4 Å². The third kappa shape index (κ3) is 2.74. The zero-order valence-corrected chi connectivity index (χ0v) is 12.8. The minimum absolute atomic E-state index is 0.0263. The SMILES string of the molecule is O=C(NCC(=O)N1CCC2(CC1)CC2)c1cnn(C2CC2)c1. The van der Waals surface area contributed by atoms with E-state index < -0.39 is 0 Å². The average Bonchev–Trinajstić information content (AvgIpc) is 3.46. The van der Waals surface area contributed by atoms with Gasteiger partial charge < -0.3 is 10.2 Å². The smallest absolute Gasteiger partial charge is 0.254 e. The van der Waals surface area contributed by atoms with Crippen molar-refractivity contribution in [2.75, 3.05) is 19.6 Å². The van der Waals surface area contributed by atoms with Gasteiger partial charge in [0.2, 0.25) is 5.91 Å². The minimum atomic E-state index is -0.212. The molecule has 2 aliphatic carbocycles. The second kappa shape index (κ2) is 5.11. The summed E-state index contributed by atoms with van der Waals surface area (Å²) < 4.78 is 1.84. The number of carbonyl (C=O) groups excluding carboxylic acids is 2. The summed E-state index contributed by atoms with van der Waals surface area (Å²) in [7, 11) is 0. The lowest BCUT2D eigenvalue weighted by atomic mass is 9.94. The highest BCUT2D eigenvalue weighted by atomic mass is 16.2. The summed E-state index contributed by atoms with van der Waals surface area (Å²) in [6.07, 6.45) is 10.5. The third-order valence-electron chi connectivity index (χ3n) is 5.32. The highest BCUT2D eigenvalue weighted by molar-refractivity contribution is 5.96. The summed E-state index contributed by atoms with van der Waals surface area (Å²) in [5, 5.41) is 6.92. The van der Waals surface area contributed by atoms with Gasteiger partial charge in [-0.2, -0.15) is 5.10 Å². The van der Waals surface area contributed by atoms with E-state index >= 15 is 0 Å². The Morgan fingerprint density at radius 2 is 1.95 bits per heavy atom. The van der Waals surface area contributed by atoms with Crippen molar-refractivity contribution in [1.82, 2.24) is 20.0 Å². The molecule has 3 aliphatic rings. The topological polar surface area (TPSA) is 67.2 Å². The monoisotopic (exact) mass is 302 g/mol. The van der Waals surface area contributed by atoms with Crippen LogP contribution in [0.1, 0.15) is 54.9 Å². The molecule has 0 aromatic carbocycles. The molecular weight excluding hydrogens is 280 g/mol. The summed E-state index contributed by atoms with van der Waals surface area (Å²) in [5.41, 5.74) is 1.10. The molecule has 1 aliphatic heterocycles. The van der Waals surface area contributed by atoms with Crippen molar-refractivity contribution in [2.45, 2.75) is 44.6 Å². The Bertz CT molecular complexity index is 591. The Morgan fingerprint density at radius 3 is 2.59 bits per heavy atom. The van der Waals surface area contributed by atoms with Gasteiger partial charge in [0.1, 0.15) is 0 Å². The summed E-state index contributed by atoms with van der Waals surface area (Å²) in [4.78, 5) is 26.1. The van der Waals surface area contributed by atoms with E-state index in [2.05, 4.69) is 10.4 Å². The highest BCUT2D eigenvalue weighted by Gasteiger charge is 2.44. The molecule has 0 radical (unpaired) electrons. The highest BCUT2D eigenvalue weighted by Crippen LogP contribution is 2.53. The molecule has 0 bridgehead atoms. The number of amides is 2. The molecule has 4 rings (SSSR count). The summed E-state index contributed by atoms with van der Waals surface area (Å²) in [6, 6.07) is 0.464.